The Morgan fingerprint density at radius 2 is 1.78 bits per heavy atom. The summed E-state index contributed by atoms with van der Waals surface area (Å²) in [5, 5.41) is 13.0. The van der Waals surface area contributed by atoms with Gasteiger partial charge in [0.2, 0.25) is 0 Å². The SMILES string of the molecule is Cc1c(Cl)nn2c(-c3cncnc3)nnc2c1C. The summed E-state index contributed by atoms with van der Waals surface area (Å²) >= 11 is 6.09. The van der Waals surface area contributed by atoms with E-state index in [1.807, 2.05) is 13.8 Å². The Hall–Kier alpha value is -2.08. The van der Waals surface area contributed by atoms with Gasteiger partial charge in [-0.05, 0) is 19.4 Å². The summed E-state index contributed by atoms with van der Waals surface area (Å²) in [7, 11) is 0. The summed E-state index contributed by atoms with van der Waals surface area (Å²) in [6.07, 6.45) is 4.78. The Balaban J connectivity index is 2.34. The molecule has 90 valence electrons. The van der Waals surface area contributed by atoms with Gasteiger partial charge in [0.15, 0.2) is 16.6 Å². The van der Waals surface area contributed by atoms with Gasteiger partial charge in [-0.3, -0.25) is 0 Å². The summed E-state index contributed by atoms with van der Waals surface area (Å²) < 4.78 is 1.61. The predicted octanol–water partition coefficient (Wildman–Crippen LogP) is 1.85. The molecular formula is C11H9ClN6. The van der Waals surface area contributed by atoms with Crippen LogP contribution in [0.4, 0.5) is 0 Å². The van der Waals surface area contributed by atoms with Crippen LogP contribution in [0.15, 0.2) is 18.7 Å². The number of aryl methyl sites for hydroxylation is 1. The fourth-order valence-electron chi connectivity index (χ4n) is 1.69. The summed E-state index contributed by atoms with van der Waals surface area (Å²) in [4.78, 5) is 7.91. The third-order valence-corrected chi connectivity index (χ3v) is 3.21. The Bertz CT molecular complexity index is 721. The van der Waals surface area contributed by atoms with Crippen LogP contribution >= 0.6 is 11.6 Å². The first-order valence-corrected chi connectivity index (χ1v) is 5.70. The number of fused-ring (bicyclic) bond motifs is 1. The molecule has 7 heteroatoms. The van der Waals surface area contributed by atoms with Gasteiger partial charge < -0.3 is 0 Å². The second-order valence-corrected chi connectivity index (χ2v) is 4.28. The standard InChI is InChI=1S/C11H9ClN6/c1-6-7(2)10-15-16-11(18(10)17-9(6)12)8-3-13-5-14-4-8/h3-5H,1-2H3. The third-order valence-electron chi connectivity index (χ3n) is 2.85. The smallest absolute Gasteiger partial charge is 0.188 e. The van der Waals surface area contributed by atoms with E-state index in [1.54, 1.807) is 16.9 Å². The lowest BCUT2D eigenvalue weighted by Gasteiger charge is -2.04. The van der Waals surface area contributed by atoms with E-state index in [4.69, 9.17) is 11.6 Å². The maximum Gasteiger partial charge on any atom is 0.188 e. The molecule has 0 bridgehead atoms. The van der Waals surface area contributed by atoms with Crippen LogP contribution in [0.25, 0.3) is 17.0 Å². The zero-order valence-electron chi connectivity index (χ0n) is 9.79. The van der Waals surface area contributed by atoms with Crippen LogP contribution < -0.4 is 0 Å². The Morgan fingerprint density at radius 3 is 2.50 bits per heavy atom. The molecule has 0 aliphatic rings. The molecule has 3 aromatic heterocycles. The van der Waals surface area contributed by atoms with E-state index in [0.717, 1.165) is 16.7 Å². The number of halogens is 1. The second-order valence-electron chi connectivity index (χ2n) is 3.93. The van der Waals surface area contributed by atoms with E-state index in [1.165, 1.54) is 6.33 Å². The first kappa shape index (κ1) is 11.0. The molecule has 6 nitrogen and oxygen atoms in total. The Kier molecular flexibility index (Phi) is 2.45. The first-order chi connectivity index (χ1) is 8.68. The molecule has 0 amide bonds. The molecule has 3 heterocycles. The van der Waals surface area contributed by atoms with Gasteiger partial charge in [-0.2, -0.15) is 9.61 Å². The molecule has 18 heavy (non-hydrogen) atoms. The van der Waals surface area contributed by atoms with E-state index in [0.29, 0.717) is 16.6 Å². The number of hydrogen-bond acceptors (Lipinski definition) is 5. The van der Waals surface area contributed by atoms with Gasteiger partial charge in [-0.15, -0.1) is 10.2 Å². The fourth-order valence-corrected chi connectivity index (χ4v) is 1.91. The number of rotatable bonds is 1. The largest absolute Gasteiger partial charge is 0.244 e. The van der Waals surface area contributed by atoms with Crippen LogP contribution in [-0.4, -0.2) is 29.8 Å². The van der Waals surface area contributed by atoms with Crippen molar-refractivity contribution < 1.29 is 0 Å². The lowest BCUT2D eigenvalue weighted by atomic mass is 10.2. The summed E-state index contributed by atoms with van der Waals surface area (Å²) in [6.45, 7) is 3.85. The van der Waals surface area contributed by atoms with Gasteiger partial charge in [0.05, 0.1) is 5.56 Å². The molecule has 0 saturated carbocycles. The van der Waals surface area contributed by atoms with Crippen molar-refractivity contribution >= 4 is 17.2 Å². The van der Waals surface area contributed by atoms with E-state index in [9.17, 15) is 0 Å². The molecule has 0 saturated heterocycles. The number of aromatic nitrogens is 6. The van der Waals surface area contributed by atoms with Crippen molar-refractivity contribution in [3.63, 3.8) is 0 Å². The maximum absolute atomic E-state index is 6.09. The highest BCUT2D eigenvalue weighted by molar-refractivity contribution is 6.30. The Morgan fingerprint density at radius 1 is 1.06 bits per heavy atom. The average molecular weight is 261 g/mol. The van der Waals surface area contributed by atoms with Crippen LogP contribution in [0.5, 0.6) is 0 Å². The van der Waals surface area contributed by atoms with Crippen LogP contribution in [0.3, 0.4) is 0 Å². The molecule has 0 aromatic carbocycles. The molecular weight excluding hydrogens is 252 g/mol. The molecule has 0 N–H and O–H groups in total. The highest BCUT2D eigenvalue weighted by atomic mass is 35.5. The lowest BCUT2D eigenvalue weighted by molar-refractivity contribution is 0.916. The third kappa shape index (κ3) is 1.53. The van der Waals surface area contributed by atoms with Crippen LogP contribution in [0.1, 0.15) is 11.1 Å². The zero-order valence-corrected chi connectivity index (χ0v) is 10.5. The predicted molar refractivity (Wildman–Crippen MR) is 66.3 cm³/mol. The summed E-state index contributed by atoms with van der Waals surface area (Å²) in [5.41, 5.74) is 3.31. The van der Waals surface area contributed by atoms with Gasteiger partial charge >= 0.3 is 0 Å². The summed E-state index contributed by atoms with van der Waals surface area (Å²) in [5.74, 6) is 0.579. The van der Waals surface area contributed by atoms with Crippen molar-refractivity contribution in [2.75, 3.05) is 0 Å². The van der Waals surface area contributed by atoms with E-state index >= 15 is 0 Å². The van der Waals surface area contributed by atoms with Gasteiger partial charge in [-0.1, -0.05) is 11.6 Å². The number of hydrogen-bond donors (Lipinski definition) is 0. The van der Waals surface area contributed by atoms with E-state index in [-0.39, 0.29) is 0 Å². The highest BCUT2D eigenvalue weighted by Crippen LogP contribution is 2.22. The second kappa shape index (κ2) is 3.99. The molecule has 0 radical (unpaired) electrons. The van der Waals surface area contributed by atoms with Crippen molar-refractivity contribution in [2.24, 2.45) is 0 Å². The minimum absolute atomic E-state index is 0.442. The molecule has 0 atom stereocenters. The minimum Gasteiger partial charge on any atom is -0.244 e. The van der Waals surface area contributed by atoms with Gasteiger partial charge in [-0.25, -0.2) is 9.97 Å². The maximum atomic E-state index is 6.09. The normalized spacial score (nSPS) is 11.1. The number of nitrogens with zero attached hydrogens (tertiary/aromatic N) is 6. The van der Waals surface area contributed by atoms with Gasteiger partial charge in [0.1, 0.15) is 6.33 Å². The van der Waals surface area contributed by atoms with Gasteiger partial charge in [0.25, 0.3) is 0 Å². The lowest BCUT2D eigenvalue weighted by Crippen LogP contribution is -2.00. The van der Waals surface area contributed by atoms with Crippen molar-refractivity contribution in [3.8, 4) is 11.4 Å². The van der Waals surface area contributed by atoms with Crippen molar-refractivity contribution in [3.05, 3.63) is 35.0 Å². The molecule has 0 fully saturated rings. The molecule has 3 rings (SSSR count). The molecule has 0 aliphatic carbocycles. The van der Waals surface area contributed by atoms with E-state index < -0.39 is 0 Å². The zero-order chi connectivity index (χ0) is 12.7. The fraction of sp³-hybridized carbons (Fsp3) is 0.182. The van der Waals surface area contributed by atoms with Crippen molar-refractivity contribution in [2.45, 2.75) is 13.8 Å². The topological polar surface area (TPSA) is 68.9 Å². The van der Waals surface area contributed by atoms with Crippen LogP contribution in [0.2, 0.25) is 5.15 Å². The average Bonchev–Trinajstić information content (AvgIpc) is 2.81. The van der Waals surface area contributed by atoms with Crippen LogP contribution in [0, 0.1) is 13.8 Å². The monoisotopic (exact) mass is 260 g/mol. The quantitative estimate of drug-likeness (QED) is 0.668. The molecule has 0 aliphatic heterocycles. The Labute approximate surface area is 108 Å². The van der Waals surface area contributed by atoms with Gasteiger partial charge in [0, 0.05) is 18.0 Å². The van der Waals surface area contributed by atoms with Crippen molar-refractivity contribution in [1.82, 2.24) is 29.8 Å². The first-order valence-electron chi connectivity index (χ1n) is 5.32. The van der Waals surface area contributed by atoms with Crippen LogP contribution in [-0.2, 0) is 0 Å². The highest BCUT2D eigenvalue weighted by Gasteiger charge is 2.14. The summed E-state index contributed by atoms with van der Waals surface area (Å²) in [6, 6.07) is 0. The molecule has 3 aromatic rings. The minimum atomic E-state index is 0.442. The molecule has 0 spiro atoms. The van der Waals surface area contributed by atoms with E-state index in [2.05, 4.69) is 25.3 Å². The molecule has 0 unspecified atom stereocenters. The van der Waals surface area contributed by atoms with Crippen molar-refractivity contribution in [1.29, 1.82) is 0 Å².